The molecule has 0 fully saturated rings. The first-order valence-corrected chi connectivity index (χ1v) is 11.4. The molecule has 2 heterocycles. The number of carbonyl (C=O) groups is 2. The van der Waals surface area contributed by atoms with Crippen molar-refractivity contribution in [2.24, 2.45) is 7.05 Å². The van der Waals surface area contributed by atoms with Gasteiger partial charge in [-0.3, -0.25) is 14.5 Å². The summed E-state index contributed by atoms with van der Waals surface area (Å²) in [4.78, 5) is 26.8. The molecule has 0 saturated carbocycles. The molecule has 4 rings (SSSR count). The Bertz CT molecular complexity index is 1200. The standard InChI is InChI=1S/C22H22ClN5O4S/c1-13(28-16-6-4-5-7-18(16)32-11-20(28)30)21-25-26-22(27(21)2)33-12-19(29)24-15-10-14(23)8-9-17(15)31-3/h4-10,13H,11-12H2,1-3H3,(H,24,29)/t13-/m1/s1. The van der Waals surface area contributed by atoms with Crippen molar-refractivity contribution in [2.45, 2.75) is 18.1 Å². The van der Waals surface area contributed by atoms with Crippen molar-refractivity contribution in [1.82, 2.24) is 14.8 Å². The van der Waals surface area contributed by atoms with E-state index in [2.05, 4.69) is 15.5 Å². The van der Waals surface area contributed by atoms with Crippen LogP contribution in [0, 0.1) is 0 Å². The summed E-state index contributed by atoms with van der Waals surface area (Å²) in [6.45, 7) is 1.85. The summed E-state index contributed by atoms with van der Waals surface area (Å²) in [5.74, 6) is 1.47. The fourth-order valence-electron chi connectivity index (χ4n) is 3.57. The fraction of sp³-hybridized carbons (Fsp3) is 0.273. The van der Waals surface area contributed by atoms with Gasteiger partial charge in [0.15, 0.2) is 17.6 Å². The van der Waals surface area contributed by atoms with Gasteiger partial charge in [-0.05, 0) is 37.3 Å². The molecule has 0 radical (unpaired) electrons. The summed E-state index contributed by atoms with van der Waals surface area (Å²) >= 11 is 7.26. The molecule has 0 spiro atoms. The highest BCUT2D eigenvalue weighted by Crippen LogP contribution is 2.37. The van der Waals surface area contributed by atoms with Crippen LogP contribution in [0.5, 0.6) is 11.5 Å². The van der Waals surface area contributed by atoms with Crippen LogP contribution in [0.3, 0.4) is 0 Å². The van der Waals surface area contributed by atoms with Gasteiger partial charge in [-0.1, -0.05) is 35.5 Å². The number of para-hydroxylation sites is 2. The van der Waals surface area contributed by atoms with Gasteiger partial charge in [-0.2, -0.15) is 0 Å². The summed E-state index contributed by atoms with van der Waals surface area (Å²) in [5, 5.41) is 12.3. The second-order valence-electron chi connectivity index (χ2n) is 7.28. The average Bonchev–Trinajstić information content (AvgIpc) is 3.17. The molecular weight excluding hydrogens is 466 g/mol. The number of aromatic nitrogens is 3. The Labute approximate surface area is 200 Å². The van der Waals surface area contributed by atoms with Crippen LogP contribution in [-0.4, -0.2) is 46.0 Å². The van der Waals surface area contributed by atoms with Gasteiger partial charge in [0.25, 0.3) is 5.91 Å². The Hall–Kier alpha value is -3.24. The zero-order valence-electron chi connectivity index (χ0n) is 18.2. The van der Waals surface area contributed by atoms with Gasteiger partial charge in [-0.25, -0.2) is 0 Å². The molecule has 11 heteroatoms. The second-order valence-corrected chi connectivity index (χ2v) is 8.66. The minimum absolute atomic E-state index is 0.0338. The van der Waals surface area contributed by atoms with Crippen molar-refractivity contribution in [2.75, 3.05) is 29.7 Å². The Balaban J connectivity index is 1.46. The van der Waals surface area contributed by atoms with E-state index in [4.69, 9.17) is 21.1 Å². The first-order valence-electron chi connectivity index (χ1n) is 10.1. The molecule has 0 bridgehead atoms. The number of hydrogen-bond donors (Lipinski definition) is 1. The molecule has 172 valence electrons. The highest BCUT2D eigenvalue weighted by Gasteiger charge is 2.32. The van der Waals surface area contributed by atoms with E-state index in [1.807, 2.05) is 38.2 Å². The summed E-state index contributed by atoms with van der Waals surface area (Å²) in [7, 11) is 3.33. The lowest BCUT2D eigenvalue weighted by atomic mass is 10.1. The van der Waals surface area contributed by atoms with Crippen molar-refractivity contribution < 1.29 is 19.1 Å². The molecule has 1 aliphatic rings. The van der Waals surface area contributed by atoms with E-state index < -0.39 is 0 Å². The van der Waals surface area contributed by atoms with E-state index in [1.54, 1.807) is 27.7 Å². The van der Waals surface area contributed by atoms with Gasteiger partial charge in [0, 0.05) is 12.1 Å². The predicted molar refractivity (Wildman–Crippen MR) is 126 cm³/mol. The number of hydrogen-bond acceptors (Lipinski definition) is 7. The second kappa shape index (κ2) is 9.72. The first-order chi connectivity index (χ1) is 15.9. The first kappa shape index (κ1) is 22.9. The zero-order chi connectivity index (χ0) is 23.5. The predicted octanol–water partition coefficient (Wildman–Crippen LogP) is 3.69. The number of carbonyl (C=O) groups excluding carboxylic acids is 2. The molecule has 1 N–H and O–H groups in total. The number of nitrogens with zero attached hydrogens (tertiary/aromatic N) is 4. The summed E-state index contributed by atoms with van der Waals surface area (Å²) < 4.78 is 12.6. The number of thioether (sulfide) groups is 1. The van der Waals surface area contributed by atoms with Crippen LogP contribution in [0.4, 0.5) is 11.4 Å². The molecule has 2 aromatic carbocycles. The third kappa shape index (κ3) is 4.76. The molecular formula is C22H22ClN5O4S. The molecule has 9 nitrogen and oxygen atoms in total. The van der Waals surface area contributed by atoms with E-state index >= 15 is 0 Å². The SMILES string of the molecule is COc1ccc(Cl)cc1NC(=O)CSc1nnc([C@@H](C)N2C(=O)COc3ccccc32)n1C. The fourth-order valence-corrected chi connectivity index (χ4v) is 4.46. The lowest BCUT2D eigenvalue weighted by molar-refractivity contribution is -0.121. The third-order valence-electron chi connectivity index (χ3n) is 5.14. The van der Waals surface area contributed by atoms with E-state index in [1.165, 1.54) is 18.9 Å². The number of benzene rings is 2. The summed E-state index contributed by atoms with van der Waals surface area (Å²) in [5.41, 5.74) is 1.18. The quantitative estimate of drug-likeness (QED) is 0.507. The van der Waals surface area contributed by atoms with Gasteiger partial charge in [0.05, 0.1) is 30.3 Å². The molecule has 1 atom stereocenters. The Kier molecular flexibility index (Phi) is 6.75. The molecule has 1 aromatic heterocycles. The third-order valence-corrected chi connectivity index (χ3v) is 6.40. The van der Waals surface area contributed by atoms with E-state index in [-0.39, 0.29) is 30.2 Å². The number of ether oxygens (including phenoxy) is 2. The van der Waals surface area contributed by atoms with Crippen LogP contribution >= 0.6 is 23.4 Å². The molecule has 3 aromatic rings. The minimum atomic E-state index is -0.376. The molecule has 33 heavy (non-hydrogen) atoms. The zero-order valence-corrected chi connectivity index (χ0v) is 19.8. The normalized spacial score (nSPS) is 13.8. The number of nitrogens with one attached hydrogen (secondary N) is 1. The van der Waals surface area contributed by atoms with Crippen molar-refractivity contribution in [3.05, 3.63) is 53.3 Å². The monoisotopic (exact) mass is 487 g/mol. The Morgan fingerprint density at radius 3 is 2.88 bits per heavy atom. The van der Waals surface area contributed by atoms with Crippen LogP contribution in [0.15, 0.2) is 47.6 Å². The van der Waals surface area contributed by atoms with Crippen LogP contribution in [0.1, 0.15) is 18.8 Å². The largest absolute Gasteiger partial charge is 0.495 e. The van der Waals surface area contributed by atoms with Gasteiger partial charge < -0.3 is 19.4 Å². The Morgan fingerprint density at radius 2 is 2.09 bits per heavy atom. The van der Waals surface area contributed by atoms with E-state index in [0.29, 0.717) is 38.9 Å². The maximum absolute atomic E-state index is 12.6. The van der Waals surface area contributed by atoms with Gasteiger partial charge >= 0.3 is 0 Å². The molecule has 0 unspecified atom stereocenters. The maximum atomic E-state index is 12.6. The summed E-state index contributed by atoms with van der Waals surface area (Å²) in [6.07, 6.45) is 0. The van der Waals surface area contributed by atoms with Gasteiger partial charge in [0.1, 0.15) is 11.5 Å². The van der Waals surface area contributed by atoms with Crippen molar-refractivity contribution in [3.63, 3.8) is 0 Å². The van der Waals surface area contributed by atoms with Gasteiger partial charge in [0.2, 0.25) is 5.91 Å². The minimum Gasteiger partial charge on any atom is -0.495 e. The molecule has 0 aliphatic carbocycles. The molecule has 1 aliphatic heterocycles. The number of halogens is 1. The molecule has 0 saturated heterocycles. The number of rotatable bonds is 7. The maximum Gasteiger partial charge on any atom is 0.265 e. The summed E-state index contributed by atoms with van der Waals surface area (Å²) in [6, 6.07) is 12.0. The van der Waals surface area contributed by atoms with E-state index in [9.17, 15) is 9.59 Å². The number of fused-ring (bicyclic) bond motifs is 1. The van der Waals surface area contributed by atoms with Crippen molar-refractivity contribution >= 4 is 46.6 Å². The van der Waals surface area contributed by atoms with Gasteiger partial charge in [-0.15, -0.1) is 10.2 Å². The Morgan fingerprint density at radius 1 is 1.30 bits per heavy atom. The van der Waals surface area contributed by atoms with Crippen molar-refractivity contribution in [3.8, 4) is 11.5 Å². The van der Waals surface area contributed by atoms with Crippen LogP contribution in [0.25, 0.3) is 0 Å². The number of anilines is 2. The lowest BCUT2D eigenvalue weighted by Crippen LogP contribution is -2.41. The highest BCUT2D eigenvalue weighted by atomic mass is 35.5. The number of methoxy groups -OCH3 is 1. The van der Waals surface area contributed by atoms with Crippen LogP contribution < -0.4 is 19.7 Å². The molecule has 2 amide bonds. The van der Waals surface area contributed by atoms with Crippen LogP contribution in [0.2, 0.25) is 5.02 Å². The van der Waals surface area contributed by atoms with Crippen LogP contribution in [-0.2, 0) is 16.6 Å². The highest BCUT2D eigenvalue weighted by molar-refractivity contribution is 7.99. The average molecular weight is 488 g/mol. The smallest absolute Gasteiger partial charge is 0.265 e. The topological polar surface area (TPSA) is 98.6 Å². The lowest BCUT2D eigenvalue weighted by Gasteiger charge is -2.33. The van der Waals surface area contributed by atoms with Crippen molar-refractivity contribution in [1.29, 1.82) is 0 Å². The number of amides is 2. The van der Waals surface area contributed by atoms with E-state index in [0.717, 1.165) is 0 Å².